The Morgan fingerprint density at radius 1 is 1.33 bits per heavy atom. The van der Waals surface area contributed by atoms with Crippen LogP contribution in [0, 0.1) is 0 Å². The molecule has 1 N–H and O–H groups in total. The predicted octanol–water partition coefficient (Wildman–Crippen LogP) is 1.02. The van der Waals surface area contributed by atoms with Crippen molar-refractivity contribution in [3.63, 3.8) is 0 Å². The van der Waals surface area contributed by atoms with Crippen molar-refractivity contribution in [2.45, 2.75) is 31.5 Å². The second kappa shape index (κ2) is 8.03. The summed E-state index contributed by atoms with van der Waals surface area (Å²) in [5.74, 6) is 0.0747. The molecule has 1 aromatic carbocycles. The zero-order valence-electron chi connectivity index (χ0n) is 13.5. The van der Waals surface area contributed by atoms with Gasteiger partial charge in [-0.05, 0) is 12.0 Å². The molecule has 0 saturated carbocycles. The summed E-state index contributed by atoms with van der Waals surface area (Å²) in [4.78, 5) is 18.4. The predicted molar refractivity (Wildman–Crippen MR) is 87.0 cm³/mol. The summed E-state index contributed by atoms with van der Waals surface area (Å²) in [7, 11) is 0. The molecule has 1 aromatic heterocycles. The number of morpholine rings is 1. The lowest BCUT2D eigenvalue weighted by molar-refractivity contribution is -0.150. The van der Waals surface area contributed by atoms with Crippen molar-refractivity contribution in [3.8, 4) is 0 Å². The maximum absolute atomic E-state index is 12.7. The number of aromatic nitrogens is 3. The minimum Gasteiger partial charge on any atom is -0.394 e. The second-order valence-corrected chi connectivity index (χ2v) is 5.80. The molecule has 7 heteroatoms. The van der Waals surface area contributed by atoms with Crippen LogP contribution in [0.3, 0.4) is 0 Å². The van der Waals surface area contributed by atoms with Crippen LogP contribution < -0.4 is 0 Å². The molecule has 1 fully saturated rings. The Kier molecular flexibility index (Phi) is 5.55. The first-order valence-corrected chi connectivity index (χ1v) is 8.19. The summed E-state index contributed by atoms with van der Waals surface area (Å²) in [5, 5.41) is 13.7. The fourth-order valence-electron chi connectivity index (χ4n) is 3.09. The van der Waals surface area contributed by atoms with Gasteiger partial charge in [0.05, 0.1) is 19.3 Å². The van der Waals surface area contributed by atoms with Gasteiger partial charge >= 0.3 is 0 Å². The van der Waals surface area contributed by atoms with Gasteiger partial charge in [0.15, 0.2) is 0 Å². The summed E-state index contributed by atoms with van der Waals surface area (Å²) in [6, 6.07) is 9.50. The highest BCUT2D eigenvalue weighted by Crippen LogP contribution is 2.30. The minimum atomic E-state index is -0.389. The van der Waals surface area contributed by atoms with Gasteiger partial charge < -0.3 is 14.7 Å². The summed E-state index contributed by atoms with van der Waals surface area (Å²) in [6.45, 7) is 1.54. The number of ether oxygens (including phenoxy) is 1. The Balaban J connectivity index is 1.67. The first-order chi connectivity index (χ1) is 11.8. The summed E-state index contributed by atoms with van der Waals surface area (Å²) in [5.41, 5.74) is 0.987. The molecule has 2 heterocycles. The average Bonchev–Trinajstić information content (AvgIpc) is 3.15. The average molecular weight is 330 g/mol. The van der Waals surface area contributed by atoms with Gasteiger partial charge in [-0.1, -0.05) is 30.3 Å². The fraction of sp³-hybridized carbons (Fsp3) is 0.471. The molecule has 0 radical (unpaired) electrons. The van der Waals surface area contributed by atoms with Gasteiger partial charge in [0.1, 0.15) is 18.8 Å². The lowest BCUT2D eigenvalue weighted by atomic mass is 9.98. The normalized spacial score (nSPS) is 21.0. The number of carbonyl (C=O) groups excluding carboxylic acids is 1. The standard InChI is InChI=1S/C17H22N4O3/c22-11-15-17(14-5-2-1-3-6-14)21(9-10-24-15)16(23)7-4-8-20-13-18-12-19-20/h1-3,5-6,12-13,15,17,22H,4,7-11H2/t15-,17-/m1/s1. The molecule has 3 rings (SSSR count). The van der Waals surface area contributed by atoms with Gasteiger partial charge in [-0.25, -0.2) is 4.98 Å². The van der Waals surface area contributed by atoms with Crippen LogP contribution in [-0.4, -0.2) is 56.5 Å². The molecular weight excluding hydrogens is 308 g/mol. The number of nitrogens with zero attached hydrogens (tertiary/aromatic N) is 4. The van der Waals surface area contributed by atoms with Crippen LogP contribution in [0.5, 0.6) is 0 Å². The van der Waals surface area contributed by atoms with E-state index in [1.54, 1.807) is 11.0 Å². The first-order valence-electron chi connectivity index (χ1n) is 8.19. The third kappa shape index (κ3) is 3.80. The summed E-state index contributed by atoms with van der Waals surface area (Å²) in [6.07, 6.45) is 3.88. The number of benzene rings is 1. The fourth-order valence-corrected chi connectivity index (χ4v) is 3.09. The van der Waals surface area contributed by atoms with Crippen LogP contribution in [0.1, 0.15) is 24.4 Å². The molecule has 1 aliphatic heterocycles. The van der Waals surface area contributed by atoms with Crippen LogP contribution in [0.4, 0.5) is 0 Å². The van der Waals surface area contributed by atoms with Crippen LogP contribution in [-0.2, 0) is 16.1 Å². The molecule has 2 aromatic rings. The van der Waals surface area contributed by atoms with Gasteiger partial charge in [-0.3, -0.25) is 9.48 Å². The zero-order chi connectivity index (χ0) is 16.8. The van der Waals surface area contributed by atoms with E-state index in [0.717, 1.165) is 5.56 Å². The molecule has 1 amide bonds. The van der Waals surface area contributed by atoms with Crippen LogP contribution in [0.15, 0.2) is 43.0 Å². The Hall–Kier alpha value is -2.25. The lowest BCUT2D eigenvalue weighted by Gasteiger charge is -2.41. The van der Waals surface area contributed by atoms with E-state index in [9.17, 15) is 9.90 Å². The van der Waals surface area contributed by atoms with Gasteiger partial charge in [-0.15, -0.1) is 0 Å². The highest BCUT2D eigenvalue weighted by Gasteiger charge is 2.35. The van der Waals surface area contributed by atoms with E-state index in [-0.39, 0.29) is 24.7 Å². The topological polar surface area (TPSA) is 80.5 Å². The van der Waals surface area contributed by atoms with Crippen molar-refractivity contribution >= 4 is 5.91 Å². The Morgan fingerprint density at radius 2 is 2.17 bits per heavy atom. The quantitative estimate of drug-likeness (QED) is 0.855. The molecule has 0 unspecified atom stereocenters. The van der Waals surface area contributed by atoms with Crippen LogP contribution >= 0.6 is 0 Å². The molecule has 7 nitrogen and oxygen atoms in total. The van der Waals surface area contributed by atoms with E-state index in [4.69, 9.17) is 4.74 Å². The number of amides is 1. The van der Waals surface area contributed by atoms with Gasteiger partial charge in [-0.2, -0.15) is 5.10 Å². The monoisotopic (exact) mass is 330 g/mol. The van der Waals surface area contributed by atoms with Gasteiger partial charge in [0, 0.05) is 19.5 Å². The number of aliphatic hydroxyl groups excluding tert-OH is 1. The molecule has 1 saturated heterocycles. The van der Waals surface area contributed by atoms with Crippen LogP contribution in [0.2, 0.25) is 0 Å². The highest BCUT2D eigenvalue weighted by molar-refractivity contribution is 5.77. The van der Waals surface area contributed by atoms with E-state index in [1.807, 2.05) is 35.2 Å². The van der Waals surface area contributed by atoms with E-state index in [0.29, 0.717) is 32.5 Å². The number of rotatable bonds is 6. The maximum atomic E-state index is 12.7. The molecule has 128 valence electrons. The molecular formula is C17H22N4O3. The number of aliphatic hydroxyl groups is 1. The Morgan fingerprint density at radius 3 is 2.88 bits per heavy atom. The summed E-state index contributed by atoms with van der Waals surface area (Å²) >= 11 is 0. The van der Waals surface area contributed by atoms with Gasteiger partial charge in [0.2, 0.25) is 5.91 Å². The minimum absolute atomic E-state index is 0.0747. The Bertz CT molecular complexity index is 633. The lowest BCUT2D eigenvalue weighted by Crippen LogP contribution is -2.49. The molecule has 24 heavy (non-hydrogen) atoms. The number of aryl methyl sites for hydroxylation is 1. The van der Waals surface area contributed by atoms with Gasteiger partial charge in [0.25, 0.3) is 0 Å². The first kappa shape index (κ1) is 16.6. The smallest absolute Gasteiger partial charge is 0.223 e. The molecule has 0 aliphatic carbocycles. The second-order valence-electron chi connectivity index (χ2n) is 5.80. The van der Waals surface area contributed by atoms with Crippen molar-refractivity contribution in [1.82, 2.24) is 19.7 Å². The van der Waals surface area contributed by atoms with E-state index in [2.05, 4.69) is 10.1 Å². The zero-order valence-corrected chi connectivity index (χ0v) is 13.5. The van der Waals surface area contributed by atoms with E-state index >= 15 is 0 Å². The maximum Gasteiger partial charge on any atom is 0.223 e. The Labute approximate surface area is 140 Å². The summed E-state index contributed by atoms with van der Waals surface area (Å²) < 4.78 is 7.39. The van der Waals surface area contributed by atoms with Crippen molar-refractivity contribution in [2.75, 3.05) is 19.8 Å². The highest BCUT2D eigenvalue weighted by atomic mass is 16.5. The third-order valence-electron chi connectivity index (χ3n) is 4.24. The van der Waals surface area contributed by atoms with E-state index in [1.165, 1.54) is 6.33 Å². The number of hydrogen-bond acceptors (Lipinski definition) is 5. The van der Waals surface area contributed by atoms with Crippen molar-refractivity contribution in [2.24, 2.45) is 0 Å². The SMILES string of the molecule is O=C(CCCn1cncn1)N1CCO[C@H](CO)[C@H]1c1ccccc1. The molecule has 2 atom stereocenters. The largest absolute Gasteiger partial charge is 0.394 e. The van der Waals surface area contributed by atoms with Crippen molar-refractivity contribution in [3.05, 3.63) is 48.5 Å². The molecule has 0 spiro atoms. The van der Waals surface area contributed by atoms with E-state index < -0.39 is 0 Å². The third-order valence-corrected chi connectivity index (χ3v) is 4.24. The van der Waals surface area contributed by atoms with Crippen molar-refractivity contribution < 1.29 is 14.6 Å². The van der Waals surface area contributed by atoms with Crippen molar-refractivity contribution in [1.29, 1.82) is 0 Å². The van der Waals surface area contributed by atoms with Crippen LogP contribution in [0.25, 0.3) is 0 Å². The number of carbonyl (C=O) groups is 1. The number of hydrogen-bond donors (Lipinski definition) is 1. The molecule has 1 aliphatic rings. The molecule has 0 bridgehead atoms.